The van der Waals surface area contributed by atoms with Crippen molar-refractivity contribution in [2.45, 2.75) is 26.8 Å². The molecule has 2 N–H and O–H groups in total. The van der Waals surface area contributed by atoms with Crippen LogP contribution in [-0.4, -0.2) is 48.9 Å². The molecule has 1 atom stereocenters. The number of carbonyl (C=O) groups is 2. The summed E-state index contributed by atoms with van der Waals surface area (Å²) in [6, 6.07) is 5.86. The van der Waals surface area contributed by atoms with E-state index >= 15 is 0 Å². The molecule has 122 valence electrons. The molecule has 6 heteroatoms. The van der Waals surface area contributed by atoms with Gasteiger partial charge in [-0.25, -0.2) is 0 Å². The van der Waals surface area contributed by atoms with Crippen molar-refractivity contribution >= 4 is 24.2 Å². The minimum atomic E-state index is -0.199. The van der Waals surface area contributed by atoms with E-state index in [4.69, 9.17) is 0 Å². The first-order chi connectivity index (χ1) is 9.97. The summed E-state index contributed by atoms with van der Waals surface area (Å²) in [5.41, 5.74) is 2.82. The van der Waals surface area contributed by atoms with Crippen LogP contribution in [-0.2, 0) is 4.79 Å². The lowest BCUT2D eigenvalue weighted by atomic mass is 10.1. The number of nitrogens with one attached hydrogen (secondary N) is 2. The van der Waals surface area contributed by atoms with Crippen LogP contribution in [0.25, 0.3) is 0 Å². The summed E-state index contributed by atoms with van der Waals surface area (Å²) in [4.78, 5) is 25.9. The van der Waals surface area contributed by atoms with Gasteiger partial charge in [0.2, 0.25) is 5.91 Å². The smallest absolute Gasteiger partial charge is 0.251 e. The first kappa shape index (κ1) is 18.5. The number of piperazine rings is 1. The minimum absolute atomic E-state index is 0. The van der Waals surface area contributed by atoms with E-state index in [9.17, 15) is 9.59 Å². The van der Waals surface area contributed by atoms with Crippen molar-refractivity contribution in [3.05, 3.63) is 34.9 Å². The maximum atomic E-state index is 12.1. The van der Waals surface area contributed by atoms with Crippen LogP contribution in [0.3, 0.4) is 0 Å². The normalized spacial score (nSPS) is 17.6. The Kier molecular flexibility index (Phi) is 6.84. The van der Waals surface area contributed by atoms with Crippen molar-refractivity contribution in [1.29, 1.82) is 0 Å². The van der Waals surface area contributed by atoms with Crippen molar-refractivity contribution in [2.24, 2.45) is 0 Å². The second-order valence-corrected chi connectivity index (χ2v) is 5.68. The molecular formula is C16H24ClN3O2. The van der Waals surface area contributed by atoms with Gasteiger partial charge in [0.05, 0.1) is 6.54 Å². The lowest BCUT2D eigenvalue weighted by molar-refractivity contribution is -0.131. The molecule has 0 unspecified atom stereocenters. The van der Waals surface area contributed by atoms with E-state index in [1.54, 1.807) is 11.0 Å². The highest BCUT2D eigenvalue weighted by Gasteiger charge is 2.20. The first-order valence-electron chi connectivity index (χ1n) is 7.34. The molecule has 0 saturated carbocycles. The van der Waals surface area contributed by atoms with Crippen LogP contribution in [0.2, 0.25) is 0 Å². The third-order valence-electron chi connectivity index (χ3n) is 3.89. The molecule has 0 radical (unpaired) electrons. The number of halogens is 1. The topological polar surface area (TPSA) is 61.4 Å². The summed E-state index contributed by atoms with van der Waals surface area (Å²) >= 11 is 0. The first-order valence-corrected chi connectivity index (χ1v) is 7.34. The number of nitrogens with zero attached hydrogens (tertiary/aromatic N) is 1. The number of aryl methyl sites for hydroxylation is 2. The van der Waals surface area contributed by atoms with Crippen LogP contribution >= 0.6 is 12.4 Å². The van der Waals surface area contributed by atoms with Gasteiger partial charge < -0.3 is 15.5 Å². The number of amides is 2. The van der Waals surface area contributed by atoms with Gasteiger partial charge in [-0.05, 0) is 44.0 Å². The molecule has 0 aliphatic carbocycles. The Labute approximate surface area is 137 Å². The summed E-state index contributed by atoms with van der Waals surface area (Å²) in [6.07, 6.45) is 0. The third-order valence-corrected chi connectivity index (χ3v) is 3.89. The largest absolute Gasteiger partial charge is 0.343 e. The Bertz CT molecular complexity index is 548. The molecule has 1 aromatic rings. The summed E-state index contributed by atoms with van der Waals surface area (Å²) in [7, 11) is 0. The second kappa shape index (κ2) is 8.15. The number of hydrogen-bond donors (Lipinski definition) is 2. The van der Waals surface area contributed by atoms with E-state index in [1.807, 2.05) is 32.9 Å². The van der Waals surface area contributed by atoms with Crippen LogP contribution in [0.4, 0.5) is 0 Å². The average molecular weight is 326 g/mol. The molecule has 0 bridgehead atoms. The van der Waals surface area contributed by atoms with Crippen LogP contribution in [0.1, 0.15) is 28.4 Å². The molecule has 1 fully saturated rings. The maximum absolute atomic E-state index is 12.1. The maximum Gasteiger partial charge on any atom is 0.251 e. The predicted octanol–water partition coefficient (Wildman–Crippen LogP) is 1.28. The van der Waals surface area contributed by atoms with Gasteiger partial charge in [0.1, 0.15) is 0 Å². The van der Waals surface area contributed by atoms with Crippen LogP contribution < -0.4 is 10.6 Å². The fraction of sp³-hybridized carbons (Fsp3) is 0.500. The van der Waals surface area contributed by atoms with Crippen LogP contribution in [0.5, 0.6) is 0 Å². The molecule has 1 aromatic carbocycles. The van der Waals surface area contributed by atoms with Crippen molar-refractivity contribution in [2.75, 3.05) is 26.2 Å². The highest BCUT2D eigenvalue weighted by Crippen LogP contribution is 2.09. The zero-order valence-corrected chi connectivity index (χ0v) is 14.1. The molecule has 1 saturated heterocycles. The predicted molar refractivity (Wildman–Crippen MR) is 89.5 cm³/mol. The fourth-order valence-electron chi connectivity index (χ4n) is 2.41. The summed E-state index contributed by atoms with van der Waals surface area (Å²) in [6.45, 7) is 8.27. The van der Waals surface area contributed by atoms with Gasteiger partial charge in [0.15, 0.2) is 0 Å². The van der Waals surface area contributed by atoms with Crippen LogP contribution in [0.15, 0.2) is 18.2 Å². The number of rotatable bonds is 3. The van der Waals surface area contributed by atoms with Gasteiger partial charge in [-0.2, -0.15) is 0 Å². The van der Waals surface area contributed by atoms with E-state index in [0.29, 0.717) is 24.7 Å². The van der Waals surface area contributed by atoms with Crippen molar-refractivity contribution in [3.63, 3.8) is 0 Å². The van der Waals surface area contributed by atoms with Gasteiger partial charge in [-0.3, -0.25) is 9.59 Å². The monoisotopic (exact) mass is 325 g/mol. The molecule has 5 nitrogen and oxygen atoms in total. The molecule has 1 aliphatic rings. The fourth-order valence-corrected chi connectivity index (χ4v) is 2.41. The highest BCUT2D eigenvalue weighted by molar-refractivity contribution is 5.96. The highest BCUT2D eigenvalue weighted by atomic mass is 35.5. The van der Waals surface area contributed by atoms with Crippen molar-refractivity contribution in [3.8, 4) is 0 Å². The standard InChI is InChI=1S/C16H23N3O2.ClH/c1-11-4-5-14(8-12(11)2)16(21)18-9-15(20)19-7-6-17-13(3)10-19;/h4-5,8,13,17H,6-7,9-10H2,1-3H3,(H,18,21);1H/t13-;/m1./s1. The van der Waals surface area contributed by atoms with E-state index < -0.39 is 0 Å². The van der Waals surface area contributed by atoms with Gasteiger partial charge in [-0.15, -0.1) is 12.4 Å². The molecule has 1 heterocycles. The van der Waals surface area contributed by atoms with Gasteiger partial charge in [0, 0.05) is 31.2 Å². The average Bonchev–Trinajstić information content (AvgIpc) is 2.47. The Morgan fingerprint density at radius 3 is 2.68 bits per heavy atom. The summed E-state index contributed by atoms with van der Waals surface area (Å²) in [5.74, 6) is -0.227. The zero-order chi connectivity index (χ0) is 15.4. The van der Waals surface area contributed by atoms with E-state index in [0.717, 1.165) is 17.7 Å². The minimum Gasteiger partial charge on any atom is -0.343 e. The Hall–Kier alpha value is -1.59. The Morgan fingerprint density at radius 1 is 1.32 bits per heavy atom. The molecule has 2 amide bonds. The summed E-state index contributed by atoms with van der Waals surface area (Å²) in [5, 5.41) is 5.99. The van der Waals surface area contributed by atoms with E-state index in [-0.39, 0.29) is 30.8 Å². The number of benzene rings is 1. The van der Waals surface area contributed by atoms with Gasteiger partial charge >= 0.3 is 0 Å². The van der Waals surface area contributed by atoms with Crippen molar-refractivity contribution < 1.29 is 9.59 Å². The third kappa shape index (κ3) is 4.71. The number of carbonyl (C=O) groups excluding carboxylic acids is 2. The van der Waals surface area contributed by atoms with Crippen molar-refractivity contribution in [1.82, 2.24) is 15.5 Å². The molecule has 2 rings (SSSR count). The lowest BCUT2D eigenvalue weighted by Gasteiger charge is -2.31. The molecule has 1 aliphatic heterocycles. The quantitative estimate of drug-likeness (QED) is 0.880. The second-order valence-electron chi connectivity index (χ2n) is 5.68. The number of hydrogen-bond acceptors (Lipinski definition) is 3. The Morgan fingerprint density at radius 2 is 2.05 bits per heavy atom. The molecule has 22 heavy (non-hydrogen) atoms. The van der Waals surface area contributed by atoms with Gasteiger partial charge in [0.25, 0.3) is 5.91 Å². The van der Waals surface area contributed by atoms with E-state index in [2.05, 4.69) is 10.6 Å². The molecule has 0 spiro atoms. The zero-order valence-electron chi connectivity index (χ0n) is 13.3. The Balaban J connectivity index is 0.00000242. The van der Waals surface area contributed by atoms with Crippen LogP contribution in [0, 0.1) is 13.8 Å². The lowest BCUT2D eigenvalue weighted by Crippen LogP contribution is -2.53. The SMILES string of the molecule is Cc1ccc(C(=O)NCC(=O)N2CCN[C@H](C)C2)cc1C.Cl. The molecule has 0 aromatic heterocycles. The van der Waals surface area contributed by atoms with E-state index in [1.165, 1.54) is 0 Å². The van der Waals surface area contributed by atoms with Gasteiger partial charge in [-0.1, -0.05) is 6.07 Å². The molecular weight excluding hydrogens is 302 g/mol. The summed E-state index contributed by atoms with van der Waals surface area (Å²) < 4.78 is 0.